The summed E-state index contributed by atoms with van der Waals surface area (Å²) in [5.74, 6) is 0. The average molecular weight is 287 g/mol. The van der Waals surface area contributed by atoms with Crippen molar-refractivity contribution >= 4 is 44.0 Å². The monoisotopic (exact) mass is 287 g/mol. The van der Waals surface area contributed by atoms with E-state index in [1.807, 2.05) is 0 Å². The Labute approximate surface area is 132 Å². The molecule has 0 bridgehead atoms. The van der Waals surface area contributed by atoms with E-state index in [0.29, 0.717) is 5.39 Å². The maximum absolute atomic E-state index is 11.1. The molecule has 86 valence electrons. The molecule has 0 heterocycles. The molecule has 0 saturated heterocycles. The molecule has 0 aliphatic rings. The van der Waals surface area contributed by atoms with Gasteiger partial charge in [-0.2, -0.15) is 4.99 Å². The largest absolute Gasteiger partial charge is 1.00 e. The standard InChI is InChI=1S/C11H7NO3S2.Na/c13-17(14,15)10-6-5-8-3-1-2-4-9(8)11(10)12-7-16;/h1-6H,(H,13,14,15);/q;+1/p-1. The predicted molar refractivity (Wildman–Crippen MR) is 66.6 cm³/mol. The van der Waals surface area contributed by atoms with Crippen molar-refractivity contribution in [3.8, 4) is 0 Å². The van der Waals surface area contributed by atoms with Crippen LogP contribution in [0.2, 0.25) is 0 Å². The number of hydrogen-bond donors (Lipinski definition) is 0. The average Bonchev–Trinajstić information content (AvgIpc) is 2.28. The van der Waals surface area contributed by atoms with Gasteiger partial charge < -0.3 is 4.55 Å². The van der Waals surface area contributed by atoms with Crippen LogP contribution in [0.3, 0.4) is 0 Å². The first-order valence-electron chi connectivity index (χ1n) is 4.59. The van der Waals surface area contributed by atoms with Crippen LogP contribution in [0.5, 0.6) is 0 Å². The molecule has 7 heteroatoms. The summed E-state index contributed by atoms with van der Waals surface area (Å²) in [6, 6.07) is 9.79. The van der Waals surface area contributed by atoms with E-state index in [1.165, 1.54) is 6.07 Å². The molecule has 0 atom stereocenters. The Balaban J connectivity index is 0.00000162. The van der Waals surface area contributed by atoms with Gasteiger partial charge in [0.05, 0.1) is 15.7 Å². The van der Waals surface area contributed by atoms with E-state index in [1.54, 1.807) is 30.3 Å². The second-order valence-electron chi connectivity index (χ2n) is 3.29. The molecular weight excluding hydrogens is 281 g/mol. The van der Waals surface area contributed by atoms with E-state index in [9.17, 15) is 13.0 Å². The maximum atomic E-state index is 11.1. The fraction of sp³-hybridized carbons (Fsp3) is 0. The van der Waals surface area contributed by atoms with Crippen molar-refractivity contribution in [1.29, 1.82) is 0 Å². The molecule has 2 rings (SSSR count). The SMILES string of the molecule is O=S(=O)([O-])c1ccc2ccccc2c1N=C=S.[Na+]. The summed E-state index contributed by atoms with van der Waals surface area (Å²) in [7, 11) is -4.58. The number of benzene rings is 2. The fourth-order valence-electron chi connectivity index (χ4n) is 1.60. The Bertz CT molecular complexity index is 737. The van der Waals surface area contributed by atoms with Crippen molar-refractivity contribution in [2.45, 2.75) is 4.90 Å². The molecule has 0 aliphatic carbocycles. The van der Waals surface area contributed by atoms with Crippen LogP contribution in [0, 0.1) is 0 Å². The minimum atomic E-state index is -4.58. The van der Waals surface area contributed by atoms with Crippen LogP contribution in [-0.2, 0) is 10.1 Å². The Kier molecular flexibility index (Phi) is 5.19. The van der Waals surface area contributed by atoms with Crippen LogP contribution in [0.4, 0.5) is 5.69 Å². The molecule has 0 aliphatic heterocycles. The number of hydrogen-bond acceptors (Lipinski definition) is 5. The van der Waals surface area contributed by atoms with Crippen LogP contribution in [0.25, 0.3) is 10.8 Å². The molecule has 4 nitrogen and oxygen atoms in total. The van der Waals surface area contributed by atoms with Crippen molar-refractivity contribution in [1.82, 2.24) is 0 Å². The number of thiocarbonyl (C=S) groups is 1. The molecule has 0 spiro atoms. The minimum absolute atomic E-state index is 0. The second kappa shape index (κ2) is 6.04. The minimum Gasteiger partial charge on any atom is -0.744 e. The number of isothiocyanates is 1. The molecule has 0 radical (unpaired) electrons. The van der Waals surface area contributed by atoms with Gasteiger partial charge >= 0.3 is 29.6 Å². The van der Waals surface area contributed by atoms with E-state index < -0.39 is 10.1 Å². The molecule has 18 heavy (non-hydrogen) atoms. The molecule has 2 aromatic carbocycles. The molecule has 0 saturated carbocycles. The zero-order valence-corrected chi connectivity index (χ0v) is 13.1. The first-order valence-corrected chi connectivity index (χ1v) is 6.41. The quantitative estimate of drug-likeness (QED) is 0.323. The van der Waals surface area contributed by atoms with Gasteiger partial charge in [-0.3, -0.25) is 0 Å². The van der Waals surface area contributed by atoms with E-state index in [4.69, 9.17) is 0 Å². The van der Waals surface area contributed by atoms with Gasteiger partial charge in [-0.15, -0.1) is 0 Å². The van der Waals surface area contributed by atoms with E-state index in [-0.39, 0.29) is 40.1 Å². The molecule has 0 fully saturated rings. The second-order valence-corrected chi connectivity index (χ2v) is 4.82. The molecule has 0 amide bonds. The third kappa shape index (κ3) is 3.05. The van der Waals surface area contributed by atoms with Gasteiger partial charge in [0.25, 0.3) is 0 Å². The van der Waals surface area contributed by atoms with Crippen LogP contribution in [0.1, 0.15) is 0 Å². The van der Waals surface area contributed by atoms with E-state index in [2.05, 4.69) is 22.4 Å². The Hall–Kier alpha value is -0.590. The van der Waals surface area contributed by atoms with Crippen molar-refractivity contribution in [3.05, 3.63) is 36.4 Å². The van der Waals surface area contributed by atoms with Gasteiger partial charge in [0, 0.05) is 5.39 Å². The van der Waals surface area contributed by atoms with Crippen LogP contribution in [-0.4, -0.2) is 18.1 Å². The molecular formula is C11H6NNaO3S2. The van der Waals surface area contributed by atoms with Crippen molar-refractivity contribution in [2.24, 2.45) is 4.99 Å². The summed E-state index contributed by atoms with van der Waals surface area (Å²) < 4.78 is 33.3. The first kappa shape index (κ1) is 15.5. The van der Waals surface area contributed by atoms with Crippen molar-refractivity contribution in [2.75, 3.05) is 0 Å². The molecule has 2 aromatic rings. The summed E-state index contributed by atoms with van der Waals surface area (Å²) >= 11 is 4.47. The Morgan fingerprint density at radius 1 is 1.17 bits per heavy atom. The summed E-state index contributed by atoms with van der Waals surface area (Å²) in [5.41, 5.74) is 0.0492. The zero-order valence-electron chi connectivity index (χ0n) is 9.45. The van der Waals surface area contributed by atoms with Crippen molar-refractivity contribution in [3.63, 3.8) is 0 Å². The summed E-state index contributed by atoms with van der Waals surface area (Å²) in [4.78, 5) is 3.31. The predicted octanol–water partition coefficient (Wildman–Crippen LogP) is -0.518. The summed E-state index contributed by atoms with van der Waals surface area (Å²) in [6.07, 6.45) is 0. The van der Waals surface area contributed by atoms with Crippen LogP contribution in [0.15, 0.2) is 46.3 Å². The van der Waals surface area contributed by atoms with Crippen LogP contribution < -0.4 is 29.6 Å². The van der Waals surface area contributed by atoms with Gasteiger partial charge in [-0.1, -0.05) is 30.3 Å². The Morgan fingerprint density at radius 3 is 2.44 bits per heavy atom. The topological polar surface area (TPSA) is 69.6 Å². The van der Waals surface area contributed by atoms with Crippen LogP contribution >= 0.6 is 12.2 Å². The number of aliphatic imine (C=N–C) groups is 1. The zero-order chi connectivity index (χ0) is 12.5. The Morgan fingerprint density at radius 2 is 1.83 bits per heavy atom. The van der Waals surface area contributed by atoms with Crippen molar-refractivity contribution < 1.29 is 42.5 Å². The molecule has 0 aromatic heterocycles. The third-order valence-corrected chi connectivity index (χ3v) is 3.25. The normalized spacial score (nSPS) is 10.5. The first-order chi connectivity index (χ1) is 8.04. The third-order valence-electron chi connectivity index (χ3n) is 2.29. The van der Waals surface area contributed by atoms with Gasteiger partial charge in [0.2, 0.25) is 0 Å². The maximum Gasteiger partial charge on any atom is 1.00 e. The number of rotatable bonds is 2. The summed E-state index contributed by atoms with van der Waals surface area (Å²) in [6.45, 7) is 0. The van der Waals surface area contributed by atoms with E-state index >= 15 is 0 Å². The molecule has 0 N–H and O–H groups in total. The van der Waals surface area contributed by atoms with Gasteiger partial charge in [-0.05, 0) is 23.7 Å². The summed E-state index contributed by atoms with van der Waals surface area (Å²) in [5, 5.41) is 3.43. The number of fused-ring (bicyclic) bond motifs is 1. The fourth-order valence-corrected chi connectivity index (χ4v) is 2.32. The van der Waals surface area contributed by atoms with E-state index in [0.717, 1.165) is 5.39 Å². The smallest absolute Gasteiger partial charge is 0.744 e. The van der Waals surface area contributed by atoms with Gasteiger partial charge in [0.1, 0.15) is 10.1 Å². The van der Waals surface area contributed by atoms with Gasteiger partial charge in [0.15, 0.2) is 0 Å². The molecule has 0 unspecified atom stereocenters. The number of nitrogens with zero attached hydrogens (tertiary/aromatic N) is 1. The van der Waals surface area contributed by atoms with Gasteiger partial charge in [-0.25, -0.2) is 8.42 Å².